The lowest BCUT2D eigenvalue weighted by Crippen LogP contribution is -2.01. The van der Waals surface area contributed by atoms with Crippen molar-refractivity contribution in [2.24, 2.45) is 10.7 Å². The predicted molar refractivity (Wildman–Crippen MR) is 82.7 cm³/mol. The molecule has 2 aromatic rings. The Balaban J connectivity index is 1.97. The summed E-state index contributed by atoms with van der Waals surface area (Å²) in [6.45, 7) is 2.05. The standard InChI is InChI=1S/C15H13N3OS/c1-10-4-6-11(7-5-10)18-8-2-3-12(18)9-13-14(19)17-15(16)20-13/h2-9H,1H3,(H2,16,17,19). The van der Waals surface area contributed by atoms with Crippen molar-refractivity contribution in [3.63, 3.8) is 0 Å². The predicted octanol–water partition coefficient (Wildman–Crippen LogP) is 2.71. The lowest BCUT2D eigenvalue weighted by Gasteiger charge is -2.07. The van der Waals surface area contributed by atoms with E-state index in [9.17, 15) is 4.79 Å². The van der Waals surface area contributed by atoms with Crippen molar-refractivity contribution in [3.05, 3.63) is 58.8 Å². The Morgan fingerprint density at radius 1 is 1.25 bits per heavy atom. The first-order valence-corrected chi connectivity index (χ1v) is 6.97. The highest BCUT2D eigenvalue weighted by molar-refractivity contribution is 8.18. The van der Waals surface area contributed by atoms with Gasteiger partial charge in [0.25, 0.3) is 5.91 Å². The van der Waals surface area contributed by atoms with E-state index >= 15 is 0 Å². The van der Waals surface area contributed by atoms with E-state index in [1.807, 2.05) is 41.1 Å². The number of rotatable bonds is 2. The topological polar surface area (TPSA) is 60.4 Å². The van der Waals surface area contributed by atoms with Crippen LogP contribution >= 0.6 is 11.8 Å². The minimum Gasteiger partial charge on any atom is -0.378 e. The number of nitrogens with zero attached hydrogens (tertiary/aromatic N) is 2. The van der Waals surface area contributed by atoms with E-state index in [1.54, 1.807) is 0 Å². The highest BCUT2D eigenvalue weighted by atomic mass is 32.2. The second-order valence-corrected chi connectivity index (χ2v) is 5.57. The normalized spacial score (nSPS) is 16.8. The third-order valence-electron chi connectivity index (χ3n) is 3.01. The maximum Gasteiger partial charge on any atom is 0.286 e. The molecule has 0 saturated carbocycles. The average Bonchev–Trinajstić information content (AvgIpc) is 2.98. The van der Waals surface area contributed by atoms with E-state index < -0.39 is 0 Å². The van der Waals surface area contributed by atoms with Gasteiger partial charge >= 0.3 is 0 Å². The zero-order valence-electron chi connectivity index (χ0n) is 10.9. The van der Waals surface area contributed by atoms with E-state index in [1.165, 1.54) is 17.3 Å². The fraction of sp³-hybridized carbons (Fsp3) is 0.0667. The second-order valence-electron chi connectivity index (χ2n) is 4.50. The summed E-state index contributed by atoms with van der Waals surface area (Å²) in [5, 5.41) is 0.301. The molecular formula is C15H13N3OS. The number of thioether (sulfide) groups is 1. The summed E-state index contributed by atoms with van der Waals surface area (Å²) in [4.78, 5) is 15.9. The maximum atomic E-state index is 11.6. The molecule has 0 saturated heterocycles. The fourth-order valence-electron chi connectivity index (χ4n) is 2.01. The number of amides is 1. The highest BCUT2D eigenvalue weighted by Gasteiger charge is 2.19. The Kier molecular flexibility index (Phi) is 3.20. The number of aliphatic imine (C=N–C) groups is 1. The third-order valence-corrected chi connectivity index (χ3v) is 3.82. The van der Waals surface area contributed by atoms with Crippen LogP contribution in [-0.4, -0.2) is 15.6 Å². The molecule has 0 aliphatic carbocycles. The van der Waals surface area contributed by atoms with Crippen molar-refractivity contribution in [2.45, 2.75) is 6.92 Å². The molecule has 1 aliphatic heterocycles. The van der Waals surface area contributed by atoms with Crippen molar-refractivity contribution in [1.82, 2.24) is 4.57 Å². The van der Waals surface area contributed by atoms with Crippen LogP contribution in [0, 0.1) is 6.92 Å². The molecule has 0 atom stereocenters. The van der Waals surface area contributed by atoms with Crippen LogP contribution in [0.15, 0.2) is 52.5 Å². The van der Waals surface area contributed by atoms with Crippen LogP contribution in [0.2, 0.25) is 0 Å². The van der Waals surface area contributed by atoms with Gasteiger partial charge in [-0.3, -0.25) is 4.79 Å². The number of benzene rings is 1. The molecule has 1 aliphatic rings. The Hall–Kier alpha value is -2.27. The molecule has 0 radical (unpaired) electrons. The second kappa shape index (κ2) is 5.02. The molecule has 5 heteroatoms. The van der Waals surface area contributed by atoms with Crippen LogP contribution in [-0.2, 0) is 4.79 Å². The van der Waals surface area contributed by atoms with Gasteiger partial charge < -0.3 is 10.3 Å². The zero-order chi connectivity index (χ0) is 14.1. The molecule has 2 N–H and O–H groups in total. The van der Waals surface area contributed by atoms with Crippen LogP contribution in [0.5, 0.6) is 0 Å². The molecule has 1 aromatic carbocycles. The molecule has 0 fully saturated rings. The van der Waals surface area contributed by atoms with Crippen LogP contribution < -0.4 is 5.73 Å². The monoisotopic (exact) mass is 283 g/mol. The number of hydrogen-bond donors (Lipinski definition) is 1. The van der Waals surface area contributed by atoms with Crippen molar-refractivity contribution < 1.29 is 4.79 Å². The first-order valence-electron chi connectivity index (χ1n) is 6.16. The Bertz CT molecular complexity index is 726. The molecule has 4 nitrogen and oxygen atoms in total. The molecule has 0 spiro atoms. The Labute approximate surface area is 121 Å². The van der Waals surface area contributed by atoms with Gasteiger partial charge in [-0.25, -0.2) is 0 Å². The lowest BCUT2D eigenvalue weighted by molar-refractivity contribution is -0.113. The Morgan fingerprint density at radius 3 is 2.65 bits per heavy atom. The molecule has 2 heterocycles. The highest BCUT2D eigenvalue weighted by Crippen LogP contribution is 2.27. The minimum absolute atomic E-state index is 0.274. The lowest BCUT2D eigenvalue weighted by atomic mass is 10.2. The van der Waals surface area contributed by atoms with Crippen molar-refractivity contribution in [2.75, 3.05) is 0 Å². The van der Waals surface area contributed by atoms with Gasteiger partial charge in [-0.15, -0.1) is 0 Å². The molecule has 20 heavy (non-hydrogen) atoms. The van der Waals surface area contributed by atoms with Gasteiger partial charge in [0.2, 0.25) is 0 Å². The summed E-state index contributed by atoms with van der Waals surface area (Å²) >= 11 is 1.20. The van der Waals surface area contributed by atoms with E-state index in [-0.39, 0.29) is 5.91 Å². The first-order chi connectivity index (χ1) is 9.63. The van der Waals surface area contributed by atoms with Crippen LogP contribution in [0.25, 0.3) is 11.8 Å². The third kappa shape index (κ3) is 2.40. The number of amidine groups is 1. The molecule has 0 bridgehead atoms. The fourth-order valence-corrected chi connectivity index (χ4v) is 2.68. The Morgan fingerprint density at radius 2 is 2.00 bits per heavy atom. The van der Waals surface area contributed by atoms with Crippen LogP contribution in [0.1, 0.15) is 11.3 Å². The van der Waals surface area contributed by atoms with Gasteiger partial charge in [0.1, 0.15) is 0 Å². The summed E-state index contributed by atoms with van der Waals surface area (Å²) in [6.07, 6.45) is 3.78. The van der Waals surface area contributed by atoms with Gasteiger partial charge in [-0.2, -0.15) is 4.99 Å². The maximum absolute atomic E-state index is 11.6. The molecule has 0 unspecified atom stereocenters. The molecule has 1 amide bonds. The summed E-state index contributed by atoms with van der Waals surface area (Å²) in [5.41, 5.74) is 8.74. The quantitative estimate of drug-likeness (QED) is 0.862. The minimum atomic E-state index is -0.274. The summed E-state index contributed by atoms with van der Waals surface area (Å²) in [7, 11) is 0. The van der Waals surface area contributed by atoms with Crippen LogP contribution in [0.3, 0.4) is 0 Å². The number of aromatic nitrogens is 1. The summed E-state index contributed by atoms with van der Waals surface area (Å²) in [6, 6.07) is 12.1. The number of carbonyl (C=O) groups is 1. The molecule has 3 rings (SSSR count). The van der Waals surface area contributed by atoms with Gasteiger partial charge in [0.15, 0.2) is 5.17 Å². The van der Waals surface area contributed by atoms with E-state index in [0.29, 0.717) is 10.1 Å². The largest absolute Gasteiger partial charge is 0.378 e. The van der Waals surface area contributed by atoms with Crippen molar-refractivity contribution in [3.8, 4) is 5.69 Å². The smallest absolute Gasteiger partial charge is 0.286 e. The van der Waals surface area contributed by atoms with Gasteiger partial charge in [-0.05, 0) is 49.0 Å². The number of hydrogen-bond acceptors (Lipinski definition) is 3. The van der Waals surface area contributed by atoms with E-state index in [4.69, 9.17) is 5.73 Å². The van der Waals surface area contributed by atoms with Gasteiger partial charge in [0, 0.05) is 17.6 Å². The van der Waals surface area contributed by atoms with Crippen molar-refractivity contribution >= 4 is 28.9 Å². The number of carbonyl (C=O) groups excluding carboxylic acids is 1. The SMILES string of the molecule is Cc1ccc(-n2cccc2C=C2SC(N)=NC2=O)cc1. The number of aryl methyl sites for hydroxylation is 1. The summed E-state index contributed by atoms with van der Waals surface area (Å²) < 4.78 is 2.02. The zero-order valence-corrected chi connectivity index (χ0v) is 11.7. The average molecular weight is 283 g/mol. The van der Waals surface area contributed by atoms with E-state index in [0.717, 1.165) is 11.4 Å². The molecular weight excluding hydrogens is 270 g/mol. The van der Waals surface area contributed by atoms with Gasteiger partial charge in [0.05, 0.1) is 4.91 Å². The number of nitrogens with two attached hydrogens (primary N) is 1. The summed E-state index contributed by atoms with van der Waals surface area (Å²) in [5.74, 6) is -0.274. The first kappa shape index (κ1) is 12.7. The van der Waals surface area contributed by atoms with Gasteiger partial charge in [-0.1, -0.05) is 17.7 Å². The molecule has 1 aromatic heterocycles. The molecule has 100 valence electrons. The van der Waals surface area contributed by atoms with E-state index in [2.05, 4.69) is 24.0 Å². The van der Waals surface area contributed by atoms with Crippen molar-refractivity contribution in [1.29, 1.82) is 0 Å². The van der Waals surface area contributed by atoms with Crippen LogP contribution in [0.4, 0.5) is 0 Å².